The summed E-state index contributed by atoms with van der Waals surface area (Å²) in [6.07, 6.45) is 0. The molecule has 0 radical (unpaired) electrons. The molecule has 1 aliphatic heterocycles. The van der Waals surface area contributed by atoms with Gasteiger partial charge in [-0.2, -0.15) is 5.10 Å². The highest BCUT2D eigenvalue weighted by atomic mass is 15.3. The predicted molar refractivity (Wildman–Crippen MR) is 61.0 cm³/mol. The van der Waals surface area contributed by atoms with Crippen molar-refractivity contribution in [3.8, 4) is 0 Å². The van der Waals surface area contributed by atoms with Crippen LogP contribution < -0.4 is 5.32 Å². The Balaban J connectivity index is 1.84. The zero-order valence-corrected chi connectivity index (χ0v) is 9.66. The molecule has 84 valence electrons. The van der Waals surface area contributed by atoms with Crippen LogP contribution in [0.5, 0.6) is 0 Å². The van der Waals surface area contributed by atoms with Gasteiger partial charge < -0.3 is 5.32 Å². The molecule has 0 atom stereocenters. The van der Waals surface area contributed by atoms with Crippen molar-refractivity contribution in [3.63, 3.8) is 0 Å². The topological polar surface area (TPSA) is 33.1 Å². The van der Waals surface area contributed by atoms with Crippen molar-refractivity contribution in [2.45, 2.75) is 20.4 Å². The molecule has 0 saturated carbocycles. The summed E-state index contributed by atoms with van der Waals surface area (Å²) in [4.78, 5) is 2.49. The molecule has 1 saturated heterocycles. The van der Waals surface area contributed by atoms with Gasteiger partial charge in [0.15, 0.2) is 0 Å². The fraction of sp³-hybridized carbons (Fsp3) is 0.727. The molecule has 0 spiro atoms. The predicted octanol–water partition coefficient (Wildman–Crippen LogP) is 0.405. The van der Waals surface area contributed by atoms with Gasteiger partial charge in [-0.05, 0) is 19.9 Å². The molecule has 0 aromatic carbocycles. The number of aromatic nitrogens is 2. The maximum Gasteiger partial charge on any atom is 0.0596 e. The normalized spacial score (nSPS) is 18.3. The van der Waals surface area contributed by atoms with Crippen LogP contribution in [0.4, 0.5) is 0 Å². The lowest BCUT2D eigenvalue weighted by Crippen LogP contribution is -2.44. The standard InChI is InChI=1S/C11H20N4/c1-10-9-11(2)15(13-10)8-7-14-5-3-12-4-6-14/h9,12H,3-8H2,1-2H3. The summed E-state index contributed by atoms with van der Waals surface area (Å²) in [7, 11) is 0. The molecule has 2 heterocycles. The summed E-state index contributed by atoms with van der Waals surface area (Å²) in [5.41, 5.74) is 2.38. The van der Waals surface area contributed by atoms with E-state index in [1.165, 1.54) is 18.8 Å². The third-order valence-electron chi connectivity index (χ3n) is 2.94. The minimum absolute atomic E-state index is 1.01. The van der Waals surface area contributed by atoms with Crippen LogP contribution in [-0.4, -0.2) is 47.4 Å². The molecule has 1 aromatic rings. The van der Waals surface area contributed by atoms with E-state index in [1.807, 2.05) is 6.92 Å². The van der Waals surface area contributed by atoms with Gasteiger partial charge in [0.25, 0.3) is 0 Å². The van der Waals surface area contributed by atoms with Gasteiger partial charge in [0.1, 0.15) is 0 Å². The molecule has 2 rings (SSSR count). The summed E-state index contributed by atoms with van der Waals surface area (Å²) in [6, 6.07) is 2.14. The van der Waals surface area contributed by atoms with Crippen molar-refractivity contribution in [3.05, 3.63) is 17.5 Å². The van der Waals surface area contributed by atoms with E-state index in [0.717, 1.165) is 31.9 Å². The number of nitrogens with one attached hydrogen (secondary N) is 1. The number of nitrogens with zero attached hydrogens (tertiary/aromatic N) is 3. The first-order valence-electron chi connectivity index (χ1n) is 5.70. The van der Waals surface area contributed by atoms with E-state index >= 15 is 0 Å². The Kier molecular flexibility index (Phi) is 3.38. The summed E-state index contributed by atoms with van der Waals surface area (Å²) in [5, 5.41) is 7.83. The zero-order chi connectivity index (χ0) is 10.7. The summed E-state index contributed by atoms with van der Waals surface area (Å²) < 4.78 is 2.11. The molecule has 1 aromatic heterocycles. The molecule has 0 unspecified atom stereocenters. The smallest absolute Gasteiger partial charge is 0.0596 e. The third-order valence-corrected chi connectivity index (χ3v) is 2.94. The lowest BCUT2D eigenvalue weighted by Gasteiger charge is -2.27. The monoisotopic (exact) mass is 208 g/mol. The van der Waals surface area contributed by atoms with E-state index in [4.69, 9.17) is 0 Å². The number of piperazine rings is 1. The molecular weight excluding hydrogens is 188 g/mol. The van der Waals surface area contributed by atoms with Gasteiger partial charge in [0, 0.05) is 38.4 Å². The largest absolute Gasteiger partial charge is 0.314 e. The minimum Gasteiger partial charge on any atom is -0.314 e. The first kappa shape index (κ1) is 10.6. The Labute approximate surface area is 91.3 Å². The highest BCUT2D eigenvalue weighted by Gasteiger charge is 2.09. The summed E-state index contributed by atoms with van der Waals surface area (Å²) in [6.45, 7) is 10.9. The average molecular weight is 208 g/mol. The molecule has 4 nitrogen and oxygen atoms in total. The second-order valence-electron chi connectivity index (χ2n) is 4.24. The van der Waals surface area contributed by atoms with Crippen molar-refractivity contribution in [1.82, 2.24) is 20.0 Å². The maximum atomic E-state index is 4.47. The van der Waals surface area contributed by atoms with E-state index < -0.39 is 0 Å². The van der Waals surface area contributed by atoms with Crippen LogP contribution in [0.15, 0.2) is 6.07 Å². The van der Waals surface area contributed by atoms with E-state index in [9.17, 15) is 0 Å². The molecule has 1 fully saturated rings. The van der Waals surface area contributed by atoms with Gasteiger partial charge in [0.05, 0.1) is 12.2 Å². The number of aryl methyl sites for hydroxylation is 2. The fourth-order valence-corrected chi connectivity index (χ4v) is 2.07. The second kappa shape index (κ2) is 4.77. The Bertz CT molecular complexity index is 312. The van der Waals surface area contributed by atoms with Gasteiger partial charge in [0.2, 0.25) is 0 Å². The van der Waals surface area contributed by atoms with Gasteiger partial charge >= 0.3 is 0 Å². The van der Waals surface area contributed by atoms with E-state index in [2.05, 4.69) is 33.0 Å². The van der Waals surface area contributed by atoms with Gasteiger partial charge in [-0.3, -0.25) is 9.58 Å². The van der Waals surface area contributed by atoms with Crippen LogP contribution in [0.25, 0.3) is 0 Å². The zero-order valence-electron chi connectivity index (χ0n) is 9.66. The number of hydrogen-bond donors (Lipinski definition) is 1. The quantitative estimate of drug-likeness (QED) is 0.781. The van der Waals surface area contributed by atoms with Gasteiger partial charge in [-0.15, -0.1) is 0 Å². The highest BCUT2D eigenvalue weighted by Crippen LogP contribution is 2.02. The molecule has 1 N–H and O–H groups in total. The first-order valence-corrected chi connectivity index (χ1v) is 5.70. The van der Waals surface area contributed by atoms with E-state index in [-0.39, 0.29) is 0 Å². The molecule has 0 aliphatic carbocycles. The lowest BCUT2D eigenvalue weighted by atomic mass is 10.3. The maximum absolute atomic E-state index is 4.47. The van der Waals surface area contributed by atoms with Crippen LogP contribution in [0.1, 0.15) is 11.4 Å². The Morgan fingerprint density at radius 3 is 2.60 bits per heavy atom. The van der Waals surface area contributed by atoms with Crippen molar-refractivity contribution in [2.75, 3.05) is 32.7 Å². The average Bonchev–Trinajstić information content (AvgIpc) is 2.56. The van der Waals surface area contributed by atoms with Crippen molar-refractivity contribution in [1.29, 1.82) is 0 Å². The van der Waals surface area contributed by atoms with Crippen molar-refractivity contribution >= 4 is 0 Å². The summed E-state index contributed by atoms with van der Waals surface area (Å²) in [5.74, 6) is 0. The SMILES string of the molecule is Cc1cc(C)n(CCN2CCNCC2)n1. The first-order chi connectivity index (χ1) is 7.25. The number of rotatable bonds is 3. The van der Waals surface area contributed by atoms with Crippen LogP contribution in [0, 0.1) is 13.8 Å². The van der Waals surface area contributed by atoms with Crippen molar-refractivity contribution < 1.29 is 0 Å². The molecule has 4 heteroatoms. The lowest BCUT2D eigenvalue weighted by molar-refractivity contribution is 0.228. The molecule has 0 bridgehead atoms. The Morgan fingerprint density at radius 1 is 1.27 bits per heavy atom. The van der Waals surface area contributed by atoms with Crippen LogP contribution >= 0.6 is 0 Å². The van der Waals surface area contributed by atoms with Gasteiger partial charge in [-0.25, -0.2) is 0 Å². The minimum atomic E-state index is 1.01. The molecule has 0 amide bonds. The second-order valence-corrected chi connectivity index (χ2v) is 4.24. The van der Waals surface area contributed by atoms with Gasteiger partial charge in [-0.1, -0.05) is 0 Å². The molecule has 15 heavy (non-hydrogen) atoms. The highest BCUT2D eigenvalue weighted by molar-refractivity contribution is 5.06. The Morgan fingerprint density at radius 2 is 2.00 bits per heavy atom. The molecular formula is C11H20N4. The summed E-state index contributed by atoms with van der Waals surface area (Å²) >= 11 is 0. The fourth-order valence-electron chi connectivity index (χ4n) is 2.07. The molecule has 1 aliphatic rings. The Hall–Kier alpha value is -0.870. The van der Waals surface area contributed by atoms with Crippen LogP contribution in [-0.2, 0) is 6.54 Å². The van der Waals surface area contributed by atoms with Crippen LogP contribution in [0.3, 0.4) is 0 Å². The van der Waals surface area contributed by atoms with Crippen molar-refractivity contribution in [2.24, 2.45) is 0 Å². The van der Waals surface area contributed by atoms with E-state index in [0.29, 0.717) is 0 Å². The van der Waals surface area contributed by atoms with Crippen LogP contribution in [0.2, 0.25) is 0 Å². The van der Waals surface area contributed by atoms with E-state index in [1.54, 1.807) is 0 Å². The number of hydrogen-bond acceptors (Lipinski definition) is 3. The third kappa shape index (κ3) is 2.79.